The van der Waals surface area contributed by atoms with Gasteiger partial charge in [-0.05, 0) is 17.9 Å². The van der Waals surface area contributed by atoms with Crippen LogP contribution in [0.3, 0.4) is 0 Å². The van der Waals surface area contributed by atoms with Crippen LogP contribution in [0, 0.1) is 0 Å². The van der Waals surface area contributed by atoms with Crippen molar-refractivity contribution in [2.45, 2.75) is 11.0 Å². The van der Waals surface area contributed by atoms with Crippen LogP contribution in [-0.2, 0) is 0 Å². The van der Waals surface area contributed by atoms with Crippen molar-refractivity contribution in [3.63, 3.8) is 0 Å². The molecule has 0 radical (unpaired) electrons. The molecular weight excluding hydrogens is 156 g/mol. The fourth-order valence-corrected chi connectivity index (χ4v) is 3.06. The molecule has 0 bridgehead atoms. The van der Waals surface area contributed by atoms with Crippen molar-refractivity contribution in [3.05, 3.63) is 0 Å². The zero-order valence-electron chi connectivity index (χ0n) is 4.67. The second kappa shape index (κ2) is 3.96. The van der Waals surface area contributed by atoms with Gasteiger partial charge in [0.25, 0.3) is 0 Å². The van der Waals surface area contributed by atoms with Gasteiger partial charge in [0.15, 0.2) is 0 Å². The highest BCUT2D eigenvalue weighted by Crippen LogP contribution is 2.36. The van der Waals surface area contributed by atoms with Crippen LogP contribution in [0.2, 0.25) is 0 Å². The molecule has 48 valence electrons. The van der Waals surface area contributed by atoms with Crippen molar-refractivity contribution in [2.24, 2.45) is 0 Å². The van der Waals surface area contributed by atoms with Crippen molar-refractivity contribution in [2.75, 3.05) is 17.3 Å². The Morgan fingerprint density at radius 2 is 2.50 bits per heavy atom. The monoisotopic (exact) mass is 166 g/mol. The molecule has 0 saturated carbocycles. The van der Waals surface area contributed by atoms with Gasteiger partial charge in [-0.3, -0.25) is 0 Å². The van der Waals surface area contributed by atoms with E-state index in [9.17, 15) is 0 Å². The predicted molar refractivity (Wildman–Crippen MR) is 47.2 cm³/mol. The van der Waals surface area contributed by atoms with Gasteiger partial charge in [-0.1, -0.05) is 0 Å². The number of thioether (sulfide) groups is 2. The molecule has 0 nitrogen and oxygen atoms in total. The summed E-state index contributed by atoms with van der Waals surface area (Å²) in [6.07, 6.45) is 1.42. The van der Waals surface area contributed by atoms with E-state index in [0.29, 0.717) is 0 Å². The van der Waals surface area contributed by atoms with E-state index < -0.39 is 0 Å². The van der Waals surface area contributed by atoms with Crippen LogP contribution in [0.1, 0.15) is 6.42 Å². The lowest BCUT2D eigenvalue weighted by Crippen LogP contribution is -2.11. The van der Waals surface area contributed by atoms with E-state index in [1.165, 1.54) is 17.9 Å². The average Bonchev–Trinajstić information content (AvgIpc) is 1.63. The summed E-state index contributed by atoms with van der Waals surface area (Å²) >= 11 is 8.25. The molecule has 0 spiro atoms. The maximum Gasteiger partial charge on any atom is 0.0510 e. The molecule has 0 aromatic rings. The first-order valence-corrected chi connectivity index (χ1v) is 5.50. The van der Waals surface area contributed by atoms with E-state index in [1.54, 1.807) is 0 Å². The van der Waals surface area contributed by atoms with Crippen molar-refractivity contribution < 1.29 is 0 Å². The maximum absolute atomic E-state index is 4.13. The third kappa shape index (κ3) is 2.11. The highest BCUT2D eigenvalue weighted by molar-refractivity contribution is 8.18. The molecule has 1 aliphatic heterocycles. The topological polar surface area (TPSA) is 0 Å². The predicted octanol–water partition coefficient (Wildman–Crippen LogP) is 2.11. The van der Waals surface area contributed by atoms with E-state index in [4.69, 9.17) is 0 Å². The average molecular weight is 166 g/mol. The van der Waals surface area contributed by atoms with Crippen LogP contribution < -0.4 is 0 Å². The third-order valence-electron chi connectivity index (χ3n) is 1.05. The van der Waals surface area contributed by atoms with E-state index in [1.807, 2.05) is 11.8 Å². The first-order valence-electron chi connectivity index (χ1n) is 2.77. The highest BCUT2D eigenvalue weighted by Gasteiger charge is 2.16. The van der Waals surface area contributed by atoms with Crippen LogP contribution in [0.15, 0.2) is 0 Å². The first-order chi connectivity index (χ1) is 3.93. The maximum atomic E-state index is 4.13. The van der Waals surface area contributed by atoms with Crippen LogP contribution in [0.25, 0.3) is 0 Å². The minimum atomic E-state index is 0.919. The normalized spacial score (nSPS) is 27.4. The lowest BCUT2D eigenvalue weighted by Gasteiger charge is -2.23. The van der Waals surface area contributed by atoms with Crippen molar-refractivity contribution in [1.29, 1.82) is 0 Å². The zero-order valence-corrected chi connectivity index (χ0v) is 7.20. The van der Waals surface area contributed by atoms with Crippen LogP contribution in [-0.4, -0.2) is 21.8 Å². The fraction of sp³-hybridized carbons (Fsp3) is 1.00. The van der Waals surface area contributed by atoms with Crippen molar-refractivity contribution >= 4 is 36.2 Å². The molecule has 3 heteroatoms. The SMILES string of the molecule is SCCSC1CCS1. The van der Waals surface area contributed by atoms with E-state index in [0.717, 1.165) is 10.3 Å². The zero-order chi connectivity index (χ0) is 5.82. The molecule has 8 heavy (non-hydrogen) atoms. The highest BCUT2D eigenvalue weighted by atomic mass is 32.2. The van der Waals surface area contributed by atoms with Gasteiger partial charge in [-0.25, -0.2) is 0 Å². The van der Waals surface area contributed by atoms with Crippen LogP contribution >= 0.6 is 36.2 Å². The summed E-state index contributed by atoms with van der Waals surface area (Å²) in [5, 5.41) is 0. The minimum Gasteiger partial charge on any atom is -0.179 e. The number of hydrogen-bond acceptors (Lipinski definition) is 3. The molecule has 0 N–H and O–H groups in total. The summed E-state index contributed by atoms with van der Waals surface area (Å²) < 4.78 is 0.919. The van der Waals surface area contributed by atoms with E-state index in [2.05, 4.69) is 24.4 Å². The molecule has 1 saturated heterocycles. The Morgan fingerprint density at radius 3 is 2.88 bits per heavy atom. The van der Waals surface area contributed by atoms with Crippen LogP contribution in [0.4, 0.5) is 0 Å². The summed E-state index contributed by atoms with van der Waals surface area (Å²) in [5.41, 5.74) is 0. The fourth-order valence-electron chi connectivity index (χ4n) is 0.530. The molecule has 0 aliphatic carbocycles. The summed E-state index contributed by atoms with van der Waals surface area (Å²) in [7, 11) is 0. The molecule has 1 unspecified atom stereocenters. The van der Waals surface area contributed by atoms with Crippen molar-refractivity contribution in [3.8, 4) is 0 Å². The summed E-state index contributed by atoms with van der Waals surface area (Å²) in [4.78, 5) is 0. The Kier molecular flexibility index (Phi) is 3.55. The molecule has 1 atom stereocenters. The number of rotatable bonds is 3. The Hall–Kier alpha value is 1.05. The molecule has 0 aromatic carbocycles. The summed E-state index contributed by atoms with van der Waals surface area (Å²) in [6.45, 7) is 0. The third-order valence-corrected chi connectivity index (χ3v) is 4.52. The molecule has 0 amide bonds. The number of hydrogen-bond donors (Lipinski definition) is 1. The smallest absolute Gasteiger partial charge is 0.0510 e. The lowest BCUT2D eigenvalue weighted by atomic mass is 10.5. The van der Waals surface area contributed by atoms with Crippen LogP contribution in [0.5, 0.6) is 0 Å². The summed E-state index contributed by atoms with van der Waals surface area (Å²) in [5.74, 6) is 3.63. The Labute approximate surface area is 64.6 Å². The van der Waals surface area contributed by atoms with Gasteiger partial charge in [0, 0.05) is 5.75 Å². The van der Waals surface area contributed by atoms with E-state index >= 15 is 0 Å². The Morgan fingerprint density at radius 1 is 1.75 bits per heavy atom. The van der Waals surface area contributed by atoms with Gasteiger partial charge in [-0.15, -0.1) is 23.5 Å². The van der Waals surface area contributed by atoms with Gasteiger partial charge in [0.1, 0.15) is 0 Å². The molecule has 1 fully saturated rings. The molecule has 1 rings (SSSR count). The standard InChI is InChI=1S/C5H10S3/c6-2-4-8-5-1-3-7-5/h5-6H,1-4H2. The Balaban J connectivity index is 1.86. The molecular formula is C5H10S3. The lowest BCUT2D eigenvalue weighted by molar-refractivity contribution is 1.01. The second-order valence-electron chi connectivity index (χ2n) is 1.68. The largest absolute Gasteiger partial charge is 0.179 e. The van der Waals surface area contributed by atoms with Gasteiger partial charge < -0.3 is 0 Å². The molecule has 1 heterocycles. The van der Waals surface area contributed by atoms with Gasteiger partial charge in [0.05, 0.1) is 4.58 Å². The molecule has 0 aromatic heterocycles. The minimum absolute atomic E-state index is 0.919. The number of thiol groups is 1. The first kappa shape index (κ1) is 7.16. The van der Waals surface area contributed by atoms with E-state index in [-0.39, 0.29) is 0 Å². The van der Waals surface area contributed by atoms with Gasteiger partial charge in [0.2, 0.25) is 0 Å². The van der Waals surface area contributed by atoms with Gasteiger partial charge >= 0.3 is 0 Å². The molecule has 1 aliphatic rings. The van der Waals surface area contributed by atoms with Gasteiger partial charge in [-0.2, -0.15) is 12.6 Å². The quantitative estimate of drug-likeness (QED) is 0.638. The summed E-state index contributed by atoms with van der Waals surface area (Å²) in [6, 6.07) is 0. The van der Waals surface area contributed by atoms with Crippen molar-refractivity contribution in [1.82, 2.24) is 0 Å². The Bertz CT molecular complexity index is 60.7. The second-order valence-corrected chi connectivity index (χ2v) is 5.05.